The van der Waals surface area contributed by atoms with E-state index in [4.69, 9.17) is 16.3 Å². The van der Waals surface area contributed by atoms with Crippen LogP contribution in [0.5, 0.6) is 5.75 Å². The Bertz CT molecular complexity index is 1380. The zero-order valence-corrected chi connectivity index (χ0v) is 23.9. The van der Waals surface area contributed by atoms with Crippen LogP contribution < -0.4 is 9.64 Å². The lowest BCUT2D eigenvalue weighted by Crippen LogP contribution is -2.41. The maximum atomic E-state index is 14.0. The lowest BCUT2D eigenvalue weighted by atomic mass is 9.82. The van der Waals surface area contributed by atoms with Gasteiger partial charge in [0.15, 0.2) is 0 Å². The first kappa shape index (κ1) is 28.2. The van der Waals surface area contributed by atoms with E-state index in [9.17, 15) is 14.7 Å². The van der Waals surface area contributed by atoms with E-state index in [0.29, 0.717) is 24.7 Å². The number of aryl methyl sites for hydroxylation is 1. The molecule has 1 fully saturated rings. The number of carbonyl (C=O) groups is 2. The van der Waals surface area contributed by atoms with Crippen molar-refractivity contribution in [3.05, 3.63) is 94.0 Å². The monoisotopic (exact) mass is 560 g/mol. The summed E-state index contributed by atoms with van der Waals surface area (Å²) in [5.74, 6) is -0.987. The van der Waals surface area contributed by atoms with E-state index in [2.05, 4.69) is 36.9 Å². The summed E-state index contributed by atoms with van der Waals surface area (Å²) in [5.41, 5.74) is 4.96. The second-order valence-corrected chi connectivity index (χ2v) is 11.2. The molecule has 6 nitrogen and oxygen atoms in total. The van der Waals surface area contributed by atoms with E-state index in [1.54, 1.807) is 11.0 Å². The Balaban J connectivity index is 1.52. The Morgan fingerprint density at radius 1 is 1.05 bits per heavy atom. The summed E-state index contributed by atoms with van der Waals surface area (Å²) in [7, 11) is 0. The predicted octanol–water partition coefficient (Wildman–Crippen LogP) is 6.51. The minimum absolute atomic E-state index is 0.0560. The summed E-state index contributed by atoms with van der Waals surface area (Å²) in [4.78, 5) is 30.8. The van der Waals surface area contributed by atoms with Crippen LogP contribution in [-0.2, 0) is 22.4 Å². The van der Waals surface area contributed by atoms with Crippen LogP contribution in [0.3, 0.4) is 0 Å². The van der Waals surface area contributed by atoms with E-state index in [1.165, 1.54) is 0 Å². The fourth-order valence-corrected chi connectivity index (χ4v) is 6.36. The summed E-state index contributed by atoms with van der Waals surface area (Å²) >= 11 is 6.29. The number of hydrogen-bond acceptors (Lipinski definition) is 4. The maximum absolute atomic E-state index is 14.0. The third kappa shape index (κ3) is 5.89. The van der Waals surface area contributed by atoms with Gasteiger partial charge in [-0.2, -0.15) is 0 Å². The molecule has 3 atom stereocenters. The van der Waals surface area contributed by atoms with Gasteiger partial charge in [-0.05, 0) is 59.4 Å². The van der Waals surface area contributed by atoms with Crippen molar-refractivity contribution in [1.82, 2.24) is 4.90 Å². The van der Waals surface area contributed by atoms with E-state index in [-0.39, 0.29) is 18.4 Å². The highest BCUT2D eigenvalue weighted by molar-refractivity contribution is 6.30. The lowest BCUT2D eigenvalue weighted by Gasteiger charge is -2.30. The highest BCUT2D eigenvalue weighted by atomic mass is 35.5. The quantitative estimate of drug-likeness (QED) is 0.306. The molecule has 2 aliphatic rings. The smallest absolute Gasteiger partial charge is 0.309 e. The molecule has 0 spiro atoms. The average Bonchev–Trinajstić information content (AvgIpc) is 3.58. The van der Waals surface area contributed by atoms with Gasteiger partial charge in [-0.15, -0.1) is 0 Å². The fourth-order valence-electron chi connectivity index (χ4n) is 6.18. The number of rotatable bonds is 10. The molecule has 0 radical (unpaired) electrons. The molecule has 3 aromatic carbocycles. The number of aliphatic carboxylic acids is 1. The molecule has 3 unspecified atom stereocenters. The normalized spacial score (nSPS) is 20.2. The number of halogens is 1. The Labute approximate surface area is 241 Å². The van der Waals surface area contributed by atoms with Gasteiger partial charge >= 0.3 is 5.97 Å². The number of hydrogen-bond donors (Lipinski definition) is 1. The zero-order chi connectivity index (χ0) is 28.2. The molecule has 1 saturated heterocycles. The Morgan fingerprint density at radius 3 is 2.62 bits per heavy atom. The highest BCUT2D eigenvalue weighted by Crippen LogP contribution is 2.47. The minimum Gasteiger partial charge on any atom is -0.493 e. The first-order chi connectivity index (χ1) is 19.4. The van der Waals surface area contributed by atoms with Crippen molar-refractivity contribution in [2.75, 3.05) is 31.1 Å². The number of anilines is 1. The third-order valence-corrected chi connectivity index (χ3v) is 8.46. The molecule has 1 amide bonds. The second kappa shape index (κ2) is 12.4. The average molecular weight is 561 g/mol. The molecule has 0 saturated carbocycles. The van der Waals surface area contributed by atoms with Crippen LogP contribution in [0.2, 0.25) is 5.02 Å². The summed E-state index contributed by atoms with van der Waals surface area (Å²) < 4.78 is 5.70. The van der Waals surface area contributed by atoms with Gasteiger partial charge in [-0.3, -0.25) is 14.5 Å². The van der Waals surface area contributed by atoms with Gasteiger partial charge in [0, 0.05) is 42.2 Å². The van der Waals surface area contributed by atoms with E-state index >= 15 is 0 Å². The molecular formula is C33H37ClN2O4. The number of nitrogens with zero attached hydrogens (tertiary/aromatic N) is 2. The van der Waals surface area contributed by atoms with Crippen LogP contribution in [-0.4, -0.2) is 48.1 Å². The summed E-state index contributed by atoms with van der Waals surface area (Å²) in [6.45, 7) is 6.01. The number of fused-ring (bicyclic) bond motifs is 1. The Hall–Kier alpha value is -3.35. The van der Waals surface area contributed by atoms with Gasteiger partial charge in [-0.25, -0.2) is 0 Å². The van der Waals surface area contributed by atoms with Gasteiger partial charge in [-0.1, -0.05) is 74.3 Å². The van der Waals surface area contributed by atoms with Crippen molar-refractivity contribution in [2.24, 2.45) is 5.92 Å². The van der Waals surface area contributed by atoms with Crippen LogP contribution in [0, 0.1) is 5.92 Å². The minimum atomic E-state index is -0.846. The predicted molar refractivity (Wildman–Crippen MR) is 158 cm³/mol. The molecule has 7 heteroatoms. The molecule has 5 rings (SSSR count). The molecule has 0 aliphatic carbocycles. The molecule has 0 aromatic heterocycles. The topological polar surface area (TPSA) is 70.1 Å². The van der Waals surface area contributed by atoms with Crippen molar-refractivity contribution in [3.63, 3.8) is 0 Å². The van der Waals surface area contributed by atoms with E-state index in [0.717, 1.165) is 59.4 Å². The molecule has 2 heterocycles. The first-order valence-corrected chi connectivity index (χ1v) is 14.6. The fraction of sp³-hybridized carbons (Fsp3) is 0.394. The molecule has 3 aromatic rings. The maximum Gasteiger partial charge on any atom is 0.309 e. The molecule has 40 heavy (non-hydrogen) atoms. The van der Waals surface area contributed by atoms with Crippen LogP contribution >= 0.6 is 11.6 Å². The molecule has 1 N–H and O–H groups in total. The number of unbranched alkanes of at least 4 members (excludes halogenated alkanes) is 1. The summed E-state index contributed by atoms with van der Waals surface area (Å²) in [6, 6.07) is 21.2. The summed E-state index contributed by atoms with van der Waals surface area (Å²) in [5, 5.41) is 11.2. The number of likely N-dealkylation sites (tertiary alicyclic amines) is 1. The molecule has 210 valence electrons. The SMILES string of the molecule is CCCCN(C(=O)CN1CC(c2ccc3c(c2)CCO3)C(C(=O)O)C1c1cccc(CC)c1)c1cccc(Cl)c1. The highest BCUT2D eigenvalue weighted by Gasteiger charge is 2.48. The number of benzene rings is 3. The van der Waals surface area contributed by atoms with Gasteiger partial charge in [0.05, 0.1) is 19.1 Å². The van der Waals surface area contributed by atoms with Crippen molar-refractivity contribution in [1.29, 1.82) is 0 Å². The Kier molecular flexibility index (Phi) is 8.77. The number of carboxylic acid groups (broad SMARTS) is 1. The largest absolute Gasteiger partial charge is 0.493 e. The van der Waals surface area contributed by atoms with Crippen LogP contribution in [0.25, 0.3) is 0 Å². The van der Waals surface area contributed by atoms with E-state index < -0.39 is 17.9 Å². The first-order valence-electron chi connectivity index (χ1n) is 14.3. The van der Waals surface area contributed by atoms with Crippen LogP contribution in [0.15, 0.2) is 66.7 Å². The number of carbonyl (C=O) groups excluding carboxylic acids is 1. The van der Waals surface area contributed by atoms with Crippen molar-refractivity contribution in [2.45, 2.75) is 51.5 Å². The number of ether oxygens (including phenoxy) is 1. The van der Waals surface area contributed by atoms with Gasteiger partial charge < -0.3 is 14.7 Å². The standard InChI is InChI=1S/C33H37ClN2O4/c1-3-5-15-36(27-11-7-10-26(34)19-27)30(37)21-35-20-28(23-12-13-29-24(18-23)14-16-40-29)31(33(38)39)32(35)25-9-6-8-22(4-2)17-25/h6-13,17-19,28,31-32H,3-5,14-16,20-21H2,1-2H3,(H,38,39). The molecule has 2 aliphatic heterocycles. The molecule has 0 bridgehead atoms. The zero-order valence-electron chi connectivity index (χ0n) is 23.2. The number of amides is 1. The Morgan fingerprint density at radius 2 is 1.88 bits per heavy atom. The van der Waals surface area contributed by atoms with Gasteiger partial charge in [0.2, 0.25) is 5.91 Å². The van der Waals surface area contributed by atoms with Crippen molar-refractivity contribution >= 4 is 29.2 Å². The van der Waals surface area contributed by atoms with Crippen LogP contribution in [0.4, 0.5) is 5.69 Å². The second-order valence-electron chi connectivity index (χ2n) is 10.8. The van der Waals surface area contributed by atoms with E-state index in [1.807, 2.05) is 42.5 Å². The summed E-state index contributed by atoms with van der Waals surface area (Å²) in [6.07, 6.45) is 3.48. The van der Waals surface area contributed by atoms with Gasteiger partial charge in [0.1, 0.15) is 5.75 Å². The van der Waals surface area contributed by atoms with Gasteiger partial charge in [0.25, 0.3) is 0 Å². The van der Waals surface area contributed by atoms with Crippen molar-refractivity contribution < 1.29 is 19.4 Å². The van der Waals surface area contributed by atoms with Crippen molar-refractivity contribution in [3.8, 4) is 5.75 Å². The third-order valence-electron chi connectivity index (χ3n) is 8.22. The lowest BCUT2D eigenvalue weighted by molar-refractivity contribution is -0.143. The van der Waals surface area contributed by atoms with Crippen LogP contribution in [0.1, 0.15) is 60.9 Å². The molecular weight excluding hydrogens is 524 g/mol. The number of carboxylic acids is 1.